The lowest BCUT2D eigenvalue weighted by molar-refractivity contribution is 0.158. The van der Waals surface area contributed by atoms with E-state index in [0.717, 1.165) is 22.1 Å². The van der Waals surface area contributed by atoms with E-state index in [0.29, 0.717) is 26.4 Å². The molecule has 0 amide bonds. The van der Waals surface area contributed by atoms with Crippen molar-refractivity contribution >= 4 is 17.4 Å². The summed E-state index contributed by atoms with van der Waals surface area (Å²) in [6.45, 7) is 4.47. The Morgan fingerprint density at radius 3 is 2.82 bits per heavy atom. The molecule has 4 N–H and O–H groups in total. The fraction of sp³-hybridized carbons (Fsp3) is 0.500. The van der Waals surface area contributed by atoms with Gasteiger partial charge in [-0.15, -0.1) is 11.8 Å². The molecule has 0 radical (unpaired) electrons. The van der Waals surface area contributed by atoms with Gasteiger partial charge in [0, 0.05) is 22.9 Å². The molecule has 0 aliphatic heterocycles. The molecule has 96 valence electrons. The Morgan fingerprint density at radius 2 is 2.12 bits per heavy atom. The van der Waals surface area contributed by atoms with Gasteiger partial charge >= 0.3 is 0 Å². The van der Waals surface area contributed by atoms with Gasteiger partial charge in [0.05, 0.1) is 19.8 Å². The zero-order chi connectivity index (χ0) is 12.5. The van der Waals surface area contributed by atoms with Crippen LogP contribution < -0.4 is 16.2 Å². The molecule has 0 aliphatic carbocycles. The van der Waals surface area contributed by atoms with Gasteiger partial charge in [-0.05, 0) is 25.1 Å². The predicted octanol–water partition coefficient (Wildman–Crippen LogP) is 1.73. The highest BCUT2D eigenvalue weighted by Crippen LogP contribution is 2.29. The molecule has 1 aromatic carbocycles. The van der Waals surface area contributed by atoms with Crippen molar-refractivity contribution in [1.29, 1.82) is 0 Å². The molecule has 5 heteroatoms. The second-order valence-corrected chi connectivity index (χ2v) is 4.52. The molecule has 0 bridgehead atoms. The van der Waals surface area contributed by atoms with E-state index in [1.807, 2.05) is 25.1 Å². The maximum Gasteiger partial charge on any atom is 0.120 e. The van der Waals surface area contributed by atoms with Gasteiger partial charge in [0.25, 0.3) is 0 Å². The highest BCUT2D eigenvalue weighted by Gasteiger charge is 2.02. The van der Waals surface area contributed by atoms with Crippen LogP contribution in [0, 0.1) is 0 Å². The lowest BCUT2D eigenvalue weighted by Crippen LogP contribution is -2.09. The zero-order valence-electron chi connectivity index (χ0n) is 10.1. The van der Waals surface area contributed by atoms with E-state index in [2.05, 4.69) is 0 Å². The zero-order valence-corrected chi connectivity index (χ0v) is 11.0. The van der Waals surface area contributed by atoms with Gasteiger partial charge in [-0.2, -0.15) is 0 Å². The average Bonchev–Trinajstić information content (AvgIpc) is 2.33. The third kappa shape index (κ3) is 5.30. The lowest BCUT2D eigenvalue weighted by atomic mass is 10.3. The Balaban J connectivity index is 2.42. The van der Waals surface area contributed by atoms with Crippen LogP contribution in [-0.2, 0) is 4.74 Å². The van der Waals surface area contributed by atoms with Crippen LogP contribution in [0.4, 0.5) is 5.69 Å². The third-order valence-corrected chi connectivity index (χ3v) is 3.08. The summed E-state index contributed by atoms with van der Waals surface area (Å²) < 4.78 is 10.7. The van der Waals surface area contributed by atoms with Crippen molar-refractivity contribution in [2.45, 2.75) is 11.8 Å². The number of hydrogen-bond acceptors (Lipinski definition) is 5. The first-order valence-electron chi connectivity index (χ1n) is 5.71. The van der Waals surface area contributed by atoms with Crippen molar-refractivity contribution < 1.29 is 9.47 Å². The minimum Gasteiger partial charge on any atom is -0.494 e. The highest BCUT2D eigenvalue weighted by molar-refractivity contribution is 7.99. The van der Waals surface area contributed by atoms with Gasteiger partial charge in [0.2, 0.25) is 0 Å². The van der Waals surface area contributed by atoms with Crippen LogP contribution in [-0.4, -0.2) is 32.1 Å². The summed E-state index contributed by atoms with van der Waals surface area (Å²) in [5.74, 6) is 1.71. The Morgan fingerprint density at radius 1 is 1.29 bits per heavy atom. The normalized spacial score (nSPS) is 10.5. The molecular weight excluding hydrogens is 236 g/mol. The number of nitrogen functional groups attached to an aromatic ring is 1. The van der Waals surface area contributed by atoms with E-state index in [1.165, 1.54) is 0 Å². The van der Waals surface area contributed by atoms with Crippen molar-refractivity contribution in [3.8, 4) is 5.75 Å². The van der Waals surface area contributed by atoms with Crippen molar-refractivity contribution in [2.24, 2.45) is 5.73 Å². The van der Waals surface area contributed by atoms with Crippen LogP contribution in [0.3, 0.4) is 0 Å². The van der Waals surface area contributed by atoms with E-state index in [4.69, 9.17) is 20.9 Å². The SMILES string of the molecule is CCOc1ccc(N)c(SCCOCCN)c1. The molecule has 0 spiro atoms. The molecule has 17 heavy (non-hydrogen) atoms. The summed E-state index contributed by atoms with van der Waals surface area (Å²) in [6, 6.07) is 5.72. The number of nitrogens with two attached hydrogens (primary N) is 2. The molecule has 4 nitrogen and oxygen atoms in total. The monoisotopic (exact) mass is 256 g/mol. The number of hydrogen-bond donors (Lipinski definition) is 2. The summed E-state index contributed by atoms with van der Waals surface area (Å²) in [4.78, 5) is 1.03. The highest BCUT2D eigenvalue weighted by atomic mass is 32.2. The maximum atomic E-state index is 5.89. The van der Waals surface area contributed by atoms with Crippen LogP contribution in [0.15, 0.2) is 23.1 Å². The fourth-order valence-electron chi connectivity index (χ4n) is 1.29. The number of ether oxygens (including phenoxy) is 2. The van der Waals surface area contributed by atoms with Crippen LogP contribution >= 0.6 is 11.8 Å². The molecule has 0 saturated heterocycles. The van der Waals surface area contributed by atoms with E-state index in [1.54, 1.807) is 11.8 Å². The van der Waals surface area contributed by atoms with Crippen molar-refractivity contribution in [2.75, 3.05) is 37.9 Å². The molecule has 1 aromatic rings. The molecule has 1 rings (SSSR count). The van der Waals surface area contributed by atoms with E-state index in [-0.39, 0.29) is 0 Å². The Kier molecular flexibility index (Phi) is 6.84. The summed E-state index contributed by atoms with van der Waals surface area (Å²) in [7, 11) is 0. The minimum atomic E-state index is 0.562. The van der Waals surface area contributed by atoms with Gasteiger partial charge in [0.1, 0.15) is 5.75 Å². The first kappa shape index (κ1) is 14.2. The number of rotatable bonds is 8. The molecule has 0 unspecified atom stereocenters. The van der Waals surface area contributed by atoms with Crippen LogP contribution in [0.25, 0.3) is 0 Å². The average molecular weight is 256 g/mol. The molecule has 0 aromatic heterocycles. The Hall–Kier alpha value is -0.910. The summed E-state index contributed by atoms with van der Waals surface area (Å²) in [5, 5.41) is 0. The Bertz CT molecular complexity index is 334. The fourth-order valence-corrected chi connectivity index (χ4v) is 2.15. The minimum absolute atomic E-state index is 0.562. The topological polar surface area (TPSA) is 70.5 Å². The molecule has 0 aliphatic rings. The van der Waals surface area contributed by atoms with Gasteiger partial charge in [0.15, 0.2) is 0 Å². The molecular formula is C12H20N2O2S. The second kappa shape index (κ2) is 8.22. The van der Waals surface area contributed by atoms with Gasteiger partial charge < -0.3 is 20.9 Å². The molecule has 0 atom stereocenters. The van der Waals surface area contributed by atoms with Crippen molar-refractivity contribution in [3.63, 3.8) is 0 Å². The van der Waals surface area contributed by atoms with E-state index >= 15 is 0 Å². The largest absolute Gasteiger partial charge is 0.494 e. The van der Waals surface area contributed by atoms with Gasteiger partial charge in [-0.1, -0.05) is 0 Å². The van der Waals surface area contributed by atoms with E-state index in [9.17, 15) is 0 Å². The quantitative estimate of drug-likeness (QED) is 0.421. The maximum absolute atomic E-state index is 5.89. The summed E-state index contributed by atoms with van der Waals surface area (Å²) in [6.07, 6.45) is 0. The van der Waals surface area contributed by atoms with Gasteiger partial charge in [-0.25, -0.2) is 0 Å². The standard InChI is InChI=1S/C12H20N2O2S/c1-2-16-10-3-4-11(14)12(9-10)17-8-7-15-6-5-13/h3-4,9H,2,5-8,13-14H2,1H3. The first-order valence-corrected chi connectivity index (χ1v) is 6.69. The van der Waals surface area contributed by atoms with Crippen LogP contribution in [0.2, 0.25) is 0 Å². The van der Waals surface area contributed by atoms with Crippen LogP contribution in [0.1, 0.15) is 6.92 Å². The van der Waals surface area contributed by atoms with Crippen LogP contribution in [0.5, 0.6) is 5.75 Å². The van der Waals surface area contributed by atoms with Gasteiger partial charge in [-0.3, -0.25) is 0 Å². The van der Waals surface area contributed by atoms with Crippen molar-refractivity contribution in [1.82, 2.24) is 0 Å². The number of benzene rings is 1. The number of thioether (sulfide) groups is 1. The summed E-state index contributed by atoms with van der Waals surface area (Å²) >= 11 is 1.67. The lowest BCUT2D eigenvalue weighted by Gasteiger charge is -2.09. The molecule has 0 heterocycles. The predicted molar refractivity (Wildman–Crippen MR) is 72.6 cm³/mol. The Labute approximate surface area is 107 Å². The second-order valence-electron chi connectivity index (χ2n) is 3.38. The van der Waals surface area contributed by atoms with E-state index < -0.39 is 0 Å². The summed E-state index contributed by atoms with van der Waals surface area (Å²) in [5.41, 5.74) is 12.0. The molecule has 0 saturated carbocycles. The molecule has 0 fully saturated rings. The van der Waals surface area contributed by atoms with Crippen molar-refractivity contribution in [3.05, 3.63) is 18.2 Å². The third-order valence-electron chi connectivity index (χ3n) is 2.04. The number of anilines is 1. The smallest absolute Gasteiger partial charge is 0.120 e. The first-order chi connectivity index (χ1) is 8.27.